The molecule has 2 heteroatoms. The van der Waals surface area contributed by atoms with Crippen LogP contribution in [0.3, 0.4) is 0 Å². The van der Waals surface area contributed by atoms with Gasteiger partial charge in [0.25, 0.3) is 0 Å². The molecule has 0 aromatic heterocycles. The number of hydrogen-bond donors (Lipinski definition) is 2. The van der Waals surface area contributed by atoms with Crippen molar-refractivity contribution in [3.8, 4) is 0 Å². The Balaban J connectivity index is 1.60. The first-order valence-electron chi connectivity index (χ1n) is 7.26. The minimum absolute atomic E-state index is 0.466. The summed E-state index contributed by atoms with van der Waals surface area (Å²) in [6.45, 7) is 4.39. The second kappa shape index (κ2) is 6.91. The van der Waals surface area contributed by atoms with Crippen molar-refractivity contribution in [1.29, 1.82) is 0 Å². The summed E-state index contributed by atoms with van der Waals surface area (Å²) in [6, 6.07) is 9.32. The molecule has 0 spiro atoms. The zero-order valence-corrected chi connectivity index (χ0v) is 11.5. The fraction of sp³-hybridized carbons (Fsp3) is 0.625. The first-order chi connectivity index (χ1) is 8.74. The molecule has 0 heterocycles. The van der Waals surface area contributed by atoms with E-state index in [1.54, 1.807) is 0 Å². The topological polar surface area (TPSA) is 38.0 Å². The standard InChI is InChI=1S/C16H26N2/c1-13-2-4-14(5-3-13)10-11-18-12-15-6-8-16(17)9-7-15/h2-5,15-16,18H,6-12,17H2,1H3. The van der Waals surface area contributed by atoms with E-state index >= 15 is 0 Å². The van der Waals surface area contributed by atoms with E-state index in [-0.39, 0.29) is 0 Å². The van der Waals surface area contributed by atoms with Crippen LogP contribution >= 0.6 is 0 Å². The molecule has 2 nitrogen and oxygen atoms in total. The Labute approximate surface area is 111 Å². The highest BCUT2D eigenvalue weighted by atomic mass is 14.9. The summed E-state index contributed by atoms with van der Waals surface area (Å²) in [5, 5.41) is 3.59. The Morgan fingerprint density at radius 1 is 1.11 bits per heavy atom. The predicted octanol–water partition coefficient (Wildman–Crippen LogP) is 2.64. The molecule has 1 aromatic carbocycles. The van der Waals surface area contributed by atoms with Gasteiger partial charge in [-0.2, -0.15) is 0 Å². The van der Waals surface area contributed by atoms with Crippen LogP contribution in [-0.4, -0.2) is 19.1 Å². The van der Waals surface area contributed by atoms with Gasteiger partial charge in [0, 0.05) is 6.04 Å². The first kappa shape index (κ1) is 13.6. The lowest BCUT2D eigenvalue weighted by Crippen LogP contribution is -2.32. The molecule has 0 unspecified atom stereocenters. The Kier molecular flexibility index (Phi) is 5.21. The van der Waals surface area contributed by atoms with Crippen LogP contribution in [0.4, 0.5) is 0 Å². The highest BCUT2D eigenvalue weighted by Crippen LogP contribution is 2.22. The maximum absolute atomic E-state index is 5.92. The number of benzene rings is 1. The average Bonchev–Trinajstić information content (AvgIpc) is 2.39. The zero-order valence-electron chi connectivity index (χ0n) is 11.5. The summed E-state index contributed by atoms with van der Waals surface area (Å²) >= 11 is 0. The maximum atomic E-state index is 5.92. The largest absolute Gasteiger partial charge is 0.328 e. The molecule has 0 amide bonds. The third kappa shape index (κ3) is 4.43. The lowest BCUT2D eigenvalue weighted by atomic mass is 9.86. The van der Waals surface area contributed by atoms with Crippen molar-refractivity contribution in [2.24, 2.45) is 11.7 Å². The van der Waals surface area contributed by atoms with Crippen LogP contribution in [0.25, 0.3) is 0 Å². The van der Waals surface area contributed by atoms with E-state index in [1.165, 1.54) is 43.4 Å². The van der Waals surface area contributed by atoms with Crippen molar-refractivity contribution < 1.29 is 0 Å². The van der Waals surface area contributed by atoms with Crippen molar-refractivity contribution in [1.82, 2.24) is 5.32 Å². The van der Waals surface area contributed by atoms with Crippen molar-refractivity contribution >= 4 is 0 Å². The van der Waals surface area contributed by atoms with Crippen molar-refractivity contribution in [3.63, 3.8) is 0 Å². The van der Waals surface area contributed by atoms with Crippen molar-refractivity contribution in [3.05, 3.63) is 35.4 Å². The van der Waals surface area contributed by atoms with E-state index in [0.29, 0.717) is 6.04 Å². The fourth-order valence-electron chi connectivity index (χ4n) is 2.69. The lowest BCUT2D eigenvalue weighted by Gasteiger charge is -2.26. The monoisotopic (exact) mass is 246 g/mol. The molecule has 18 heavy (non-hydrogen) atoms. The molecule has 1 aliphatic rings. The van der Waals surface area contributed by atoms with Gasteiger partial charge >= 0.3 is 0 Å². The van der Waals surface area contributed by atoms with E-state index in [0.717, 1.165) is 18.9 Å². The Morgan fingerprint density at radius 2 is 1.78 bits per heavy atom. The number of nitrogens with one attached hydrogen (secondary N) is 1. The van der Waals surface area contributed by atoms with E-state index in [1.807, 2.05) is 0 Å². The highest BCUT2D eigenvalue weighted by Gasteiger charge is 2.17. The maximum Gasteiger partial charge on any atom is 0.00390 e. The molecular formula is C16H26N2. The van der Waals surface area contributed by atoms with Gasteiger partial charge in [-0.15, -0.1) is 0 Å². The minimum Gasteiger partial charge on any atom is -0.328 e. The van der Waals surface area contributed by atoms with Gasteiger partial charge in [0.1, 0.15) is 0 Å². The molecule has 100 valence electrons. The average molecular weight is 246 g/mol. The molecule has 1 fully saturated rings. The Bertz CT molecular complexity index is 337. The quantitative estimate of drug-likeness (QED) is 0.784. The summed E-state index contributed by atoms with van der Waals surface area (Å²) in [7, 11) is 0. The smallest absolute Gasteiger partial charge is 0.00390 e. The van der Waals surface area contributed by atoms with Gasteiger partial charge in [-0.25, -0.2) is 0 Å². The van der Waals surface area contributed by atoms with E-state index < -0.39 is 0 Å². The van der Waals surface area contributed by atoms with Crippen LogP contribution < -0.4 is 11.1 Å². The summed E-state index contributed by atoms with van der Waals surface area (Å²) in [5.74, 6) is 0.850. The number of hydrogen-bond acceptors (Lipinski definition) is 2. The van der Waals surface area contributed by atoms with Gasteiger partial charge < -0.3 is 11.1 Å². The van der Waals surface area contributed by atoms with Gasteiger partial charge in [-0.3, -0.25) is 0 Å². The molecule has 0 atom stereocenters. The Morgan fingerprint density at radius 3 is 2.44 bits per heavy atom. The molecule has 0 aliphatic heterocycles. The van der Waals surface area contributed by atoms with Gasteiger partial charge in [0.15, 0.2) is 0 Å². The molecule has 3 N–H and O–H groups in total. The van der Waals surface area contributed by atoms with Gasteiger partial charge in [0.05, 0.1) is 0 Å². The van der Waals surface area contributed by atoms with Crippen LogP contribution in [0.1, 0.15) is 36.8 Å². The molecule has 1 saturated carbocycles. The lowest BCUT2D eigenvalue weighted by molar-refractivity contribution is 0.315. The Hall–Kier alpha value is -0.860. The molecule has 0 radical (unpaired) electrons. The molecule has 1 aromatic rings. The van der Waals surface area contributed by atoms with Gasteiger partial charge in [0.2, 0.25) is 0 Å². The highest BCUT2D eigenvalue weighted by molar-refractivity contribution is 5.21. The first-order valence-corrected chi connectivity index (χ1v) is 7.26. The van der Waals surface area contributed by atoms with Gasteiger partial charge in [-0.1, -0.05) is 29.8 Å². The zero-order chi connectivity index (χ0) is 12.8. The summed E-state index contributed by atoms with van der Waals surface area (Å²) < 4.78 is 0. The third-order valence-corrected chi connectivity index (χ3v) is 4.04. The second-order valence-corrected chi connectivity index (χ2v) is 5.72. The second-order valence-electron chi connectivity index (χ2n) is 5.72. The molecule has 0 bridgehead atoms. The normalized spacial score (nSPS) is 24.1. The fourth-order valence-corrected chi connectivity index (χ4v) is 2.69. The van der Waals surface area contributed by atoms with E-state index in [4.69, 9.17) is 5.73 Å². The van der Waals surface area contributed by atoms with Crippen LogP contribution in [0.2, 0.25) is 0 Å². The number of nitrogens with two attached hydrogens (primary N) is 1. The third-order valence-electron chi connectivity index (χ3n) is 4.04. The van der Waals surface area contributed by atoms with E-state index in [2.05, 4.69) is 36.5 Å². The summed E-state index contributed by atoms with van der Waals surface area (Å²) in [5.41, 5.74) is 8.69. The number of aryl methyl sites for hydroxylation is 1. The minimum atomic E-state index is 0.466. The van der Waals surface area contributed by atoms with Crippen LogP contribution in [0.15, 0.2) is 24.3 Å². The van der Waals surface area contributed by atoms with Crippen molar-refractivity contribution in [2.45, 2.75) is 45.1 Å². The molecular weight excluding hydrogens is 220 g/mol. The predicted molar refractivity (Wildman–Crippen MR) is 77.7 cm³/mol. The van der Waals surface area contributed by atoms with Crippen LogP contribution in [0, 0.1) is 12.8 Å². The van der Waals surface area contributed by atoms with Crippen LogP contribution in [0.5, 0.6) is 0 Å². The molecule has 0 saturated heterocycles. The van der Waals surface area contributed by atoms with Gasteiger partial charge in [-0.05, 0) is 63.6 Å². The summed E-state index contributed by atoms with van der Waals surface area (Å²) in [6.07, 6.45) is 6.17. The van der Waals surface area contributed by atoms with Crippen molar-refractivity contribution in [2.75, 3.05) is 13.1 Å². The molecule has 1 aliphatic carbocycles. The van der Waals surface area contributed by atoms with Crippen LogP contribution in [-0.2, 0) is 6.42 Å². The SMILES string of the molecule is Cc1ccc(CCNCC2CCC(N)CC2)cc1. The molecule has 2 rings (SSSR count). The number of rotatable bonds is 5. The summed E-state index contributed by atoms with van der Waals surface area (Å²) in [4.78, 5) is 0. The van der Waals surface area contributed by atoms with E-state index in [9.17, 15) is 0 Å².